The van der Waals surface area contributed by atoms with E-state index in [9.17, 15) is 5.11 Å². The molecular formula is C11H21NO. The van der Waals surface area contributed by atoms with E-state index in [0.29, 0.717) is 6.42 Å². The Morgan fingerprint density at radius 1 is 1.31 bits per heavy atom. The second-order valence-electron chi connectivity index (χ2n) is 3.76. The molecule has 0 bridgehead atoms. The van der Waals surface area contributed by atoms with Crippen LogP contribution in [0.25, 0.3) is 0 Å². The molecule has 0 saturated carbocycles. The van der Waals surface area contributed by atoms with Crippen molar-refractivity contribution >= 4 is 0 Å². The highest BCUT2D eigenvalue weighted by Gasteiger charge is 2.12. The van der Waals surface area contributed by atoms with Gasteiger partial charge in [0.15, 0.2) is 0 Å². The van der Waals surface area contributed by atoms with Gasteiger partial charge in [0.05, 0.1) is 12.2 Å². The van der Waals surface area contributed by atoms with E-state index in [0.717, 1.165) is 12.8 Å². The lowest BCUT2D eigenvalue weighted by Gasteiger charge is -2.15. The van der Waals surface area contributed by atoms with Gasteiger partial charge in [-0.3, -0.25) is 0 Å². The molecule has 0 aliphatic heterocycles. The lowest BCUT2D eigenvalue weighted by molar-refractivity contribution is 0.106. The monoisotopic (exact) mass is 183 g/mol. The average molecular weight is 183 g/mol. The average Bonchev–Trinajstić information content (AvgIpc) is 2.12. The van der Waals surface area contributed by atoms with Gasteiger partial charge in [-0.05, 0) is 12.3 Å². The molecule has 0 aliphatic carbocycles. The Morgan fingerprint density at radius 3 is 2.54 bits per heavy atom. The van der Waals surface area contributed by atoms with Crippen LogP contribution in [-0.2, 0) is 0 Å². The van der Waals surface area contributed by atoms with E-state index in [-0.39, 0.29) is 12.0 Å². The highest BCUT2D eigenvalue weighted by Crippen LogP contribution is 2.14. The molecule has 0 fully saturated rings. The lowest BCUT2D eigenvalue weighted by Crippen LogP contribution is -2.16. The molecule has 0 rings (SSSR count). The number of nitrogens with zero attached hydrogens (tertiary/aromatic N) is 1. The summed E-state index contributed by atoms with van der Waals surface area (Å²) < 4.78 is 0. The van der Waals surface area contributed by atoms with E-state index in [1.165, 1.54) is 19.3 Å². The fourth-order valence-corrected chi connectivity index (χ4v) is 1.34. The van der Waals surface area contributed by atoms with Gasteiger partial charge in [-0.1, -0.05) is 39.5 Å². The molecule has 0 aromatic rings. The van der Waals surface area contributed by atoms with E-state index < -0.39 is 0 Å². The van der Waals surface area contributed by atoms with Gasteiger partial charge >= 0.3 is 0 Å². The Balaban J connectivity index is 3.39. The molecule has 0 aliphatic rings. The third kappa shape index (κ3) is 6.60. The third-order valence-electron chi connectivity index (χ3n) is 2.42. The Morgan fingerprint density at radius 2 is 2.00 bits per heavy atom. The minimum Gasteiger partial charge on any atom is -0.393 e. The molecule has 0 heterocycles. The summed E-state index contributed by atoms with van der Waals surface area (Å²) >= 11 is 0. The van der Waals surface area contributed by atoms with Crippen LogP contribution in [0, 0.1) is 17.2 Å². The van der Waals surface area contributed by atoms with E-state index in [1.54, 1.807) is 0 Å². The Labute approximate surface area is 81.6 Å². The summed E-state index contributed by atoms with van der Waals surface area (Å²) in [6.45, 7) is 4.11. The maximum atomic E-state index is 9.60. The van der Waals surface area contributed by atoms with Gasteiger partial charge in [0.25, 0.3) is 0 Å². The zero-order chi connectivity index (χ0) is 10.1. The van der Waals surface area contributed by atoms with Gasteiger partial charge in [-0.2, -0.15) is 5.26 Å². The normalized spacial score (nSPS) is 14.9. The van der Waals surface area contributed by atoms with Crippen LogP contribution in [0.5, 0.6) is 0 Å². The minimum absolute atomic E-state index is 0.131. The summed E-state index contributed by atoms with van der Waals surface area (Å²) in [4.78, 5) is 0. The largest absolute Gasteiger partial charge is 0.393 e. The number of unbranched alkanes of at least 4 members (excludes halogenated alkanes) is 3. The highest BCUT2D eigenvalue weighted by atomic mass is 16.3. The van der Waals surface area contributed by atoms with Crippen LogP contribution in [-0.4, -0.2) is 11.2 Å². The molecule has 0 spiro atoms. The van der Waals surface area contributed by atoms with Gasteiger partial charge in [-0.15, -0.1) is 0 Å². The molecule has 0 unspecified atom stereocenters. The highest BCUT2D eigenvalue weighted by molar-refractivity contribution is 4.77. The topological polar surface area (TPSA) is 44.0 Å². The number of hydrogen-bond acceptors (Lipinski definition) is 2. The predicted molar refractivity (Wildman–Crippen MR) is 54.2 cm³/mol. The molecule has 0 saturated heterocycles. The van der Waals surface area contributed by atoms with Crippen molar-refractivity contribution in [2.75, 3.05) is 0 Å². The van der Waals surface area contributed by atoms with Crippen molar-refractivity contribution in [3.63, 3.8) is 0 Å². The lowest BCUT2D eigenvalue weighted by atomic mass is 9.96. The van der Waals surface area contributed by atoms with Gasteiger partial charge in [-0.25, -0.2) is 0 Å². The Bertz CT molecular complexity index is 151. The van der Waals surface area contributed by atoms with Crippen LogP contribution in [0.4, 0.5) is 0 Å². The van der Waals surface area contributed by atoms with Crippen LogP contribution in [0.2, 0.25) is 0 Å². The zero-order valence-corrected chi connectivity index (χ0v) is 8.79. The Hall–Kier alpha value is -0.550. The molecule has 2 nitrogen and oxygen atoms in total. The van der Waals surface area contributed by atoms with Crippen molar-refractivity contribution in [3.8, 4) is 6.07 Å². The molecule has 0 aromatic heterocycles. The summed E-state index contributed by atoms with van der Waals surface area (Å²) in [5, 5.41) is 18.0. The third-order valence-corrected chi connectivity index (χ3v) is 2.42. The molecular weight excluding hydrogens is 162 g/mol. The SMILES string of the molecule is CCCCCC[C@@H](O)[C@H](C)CC#N. The van der Waals surface area contributed by atoms with Crippen molar-refractivity contribution in [3.05, 3.63) is 0 Å². The predicted octanol–water partition coefficient (Wildman–Crippen LogP) is 2.87. The summed E-state index contributed by atoms with van der Waals surface area (Å²) in [7, 11) is 0. The first kappa shape index (κ1) is 12.4. The molecule has 13 heavy (non-hydrogen) atoms. The first-order valence-corrected chi connectivity index (χ1v) is 5.27. The zero-order valence-electron chi connectivity index (χ0n) is 8.79. The number of aliphatic hydroxyl groups excluding tert-OH is 1. The first-order chi connectivity index (χ1) is 6.22. The van der Waals surface area contributed by atoms with Gasteiger partial charge in [0.1, 0.15) is 0 Å². The smallest absolute Gasteiger partial charge is 0.0625 e. The summed E-state index contributed by atoms with van der Waals surface area (Å²) in [5.41, 5.74) is 0. The number of aliphatic hydroxyl groups is 1. The molecule has 1 N–H and O–H groups in total. The number of nitriles is 1. The van der Waals surface area contributed by atoms with E-state index >= 15 is 0 Å². The fraction of sp³-hybridized carbons (Fsp3) is 0.909. The first-order valence-electron chi connectivity index (χ1n) is 5.27. The standard InChI is InChI=1S/C11H21NO/c1-3-4-5-6-7-11(13)10(2)8-9-12/h10-11,13H,3-8H2,1-2H3/t10-,11-/m1/s1. The van der Waals surface area contributed by atoms with Crippen molar-refractivity contribution in [2.24, 2.45) is 5.92 Å². The van der Waals surface area contributed by atoms with Crippen LogP contribution in [0.15, 0.2) is 0 Å². The number of hydrogen-bond donors (Lipinski definition) is 1. The fourth-order valence-electron chi connectivity index (χ4n) is 1.34. The number of rotatable bonds is 7. The summed E-state index contributed by atoms with van der Waals surface area (Å²) in [5.74, 6) is 0.131. The maximum Gasteiger partial charge on any atom is 0.0625 e. The van der Waals surface area contributed by atoms with E-state index in [4.69, 9.17) is 5.26 Å². The van der Waals surface area contributed by atoms with E-state index in [1.807, 2.05) is 6.92 Å². The summed E-state index contributed by atoms with van der Waals surface area (Å²) in [6.07, 6.45) is 5.80. The maximum absolute atomic E-state index is 9.60. The Kier molecular flexibility index (Phi) is 7.73. The van der Waals surface area contributed by atoms with Crippen LogP contribution in [0.3, 0.4) is 0 Å². The van der Waals surface area contributed by atoms with Crippen LogP contribution < -0.4 is 0 Å². The second kappa shape index (κ2) is 8.07. The van der Waals surface area contributed by atoms with Crippen molar-refractivity contribution < 1.29 is 5.11 Å². The molecule has 0 aromatic carbocycles. The van der Waals surface area contributed by atoms with Crippen LogP contribution >= 0.6 is 0 Å². The van der Waals surface area contributed by atoms with Crippen molar-refractivity contribution in [2.45, 2.75) is 58.5 Å². The van der Waals surface area contributed by atoms with Crippen molar-refractivity contribution in [1.29, 1.82) is 5.26 Å². The molecule has 76 valence electrons. The van der Waals surface area contributed by atoms with Gasteiger partial charge in [0.2, 0.25) is 0 Å². The van der Waals surface area contributed by atoms with Gasteiger partial charge in [0, 0.05) is 6.42 Å². The molecule has 0 radical (unpaired) electrons. The van der Waals surface area contributed by atoms with Crippen molar-refractivity contribution in [1.82, 2.24) is 0 Å². The second-order valence-corrected chi connectivity index (χ2v) is 3.76. The van der Waals surface area contributed by atoms with Gasteiger partial charge < -0.3 is 5.11 Å². The molecule has 0 amide bonds. The minimum atomic E-state index is -0.281. The summed E-state index contributed by atoms with van der Waals surface area (Å²) in [6, 6.07) is 2.09. The molecule has 2 atom stereocenters. The van der Waals surface area contributed by atoms with E-state index in [2.05, 4.69) is 13.0 Å². The quantitative estimate of drug-likeness (QED) is 0.617. The molecule has 2 heteroatoms. The van der Waals surface area contributed by atoms with Crippen LogP contribution in [0.1, 0.15) is 52.4 Å².